The molecule has 0 bridgehead atoms. The minimum atomic E-state index is -0.949. The van der Waals surface area contributed by atoms with Crippen LogP contribution in [0.25, 0.3) is 0 Å². The second-order valence-electron chi connectivity index (χ2n) is 9.47. The van der Waals surface area contributed by atoms with Crippen molar-refractivity contribution >= 4 is 17.9 Å². The molecule has 200 valence electrons. The van der Waals surface area contributed by atoms with E-state index < -0.39 is 30.0 Å². The molecule has 0 unspecified atom stereocenters. The number of amides is 3. The molecule has 4 N–H and O–H groups in total. The van der Waals surface area contributed by atoms with Gasteiger partial charge in [0.05, 0.1) is 0 Å². The van der Waals surface area contributed by atoms with Crippen LogP contribution in [0.1, 0.15) is 37.0 Å². The SMILES string of the molecule is CC(C)C[C@H](NC(=O)OCc1ccccc1)C(=O)N[C@H](Cc1ccc(OCc2ccccc2)cc1)C(N)=O. The van der Waals surface area contributed by atoms with Crippen LogP contribution in [0.4, 0.5) is 4.79 Å². The highest BCUT2D eigenvalue weighted by molar-refractivity contribution is 5.90. The van der Waals surface area contributed by atoms with Gasteiger partial charge in [0.1, 0.15) is 31.0 Å². The van der Waals surface area contributed by atoms with Crippen LogP contribution < -0.4 is 21.1 Å². The third-order valence-corrected chi connectivity index (χ3v) is 5.80. The number of carbonyl (C=O) groups is 3. The monoisotopic (exact) mass is 517 g/mol. The molecule has 0 aliphatic carbocycles. The van der Waals surface area contributed by atoms with Gasteiger partial charge < -0.3 is 25.8 Å². The molecular weight excluding hydrogens is 482 g/mol. The second-order valence-corrected chi connectivity index (χ2v) is 9.47. The van der Waals surface area contributed by atoms with Gasteiger partial charge in [0.15, 0.2) is 0 Å². The number of ether oxygens (including phenoxy) is 2. The highest BCUT2D eigenvalue weighted by atomic mass is 16.5. The van der Waals surface area contributed by atoms with E-state index in [4.69, 9.17) is 15.2 Å². The van der Waals surface area contributed by atoms with Gasteiger partial charge in [-0.1, -0.05) is 86.6 Å². The van der Waals surface area contributed by atoms with Crippen molar-refractivity contribution in [3.63, 3.8) is 0 Å². The van der Waals surface area contributed by atoms with Crippen LogP contribution in [-0.2, 0) is 34.0 Å². The van der Waals surface area contributed by atoms with Gasteiger partial charge in [-0.3, -0.25) is 9.59 Å². The molecule has 2 atom stereocenters. The van der Waals surface area contributed by atoms with Crippen LogP contribution >= 0.6 is 0 Å². The molecule has 8 nitrogen and oxygen atoms in total. The zero-order chi connectivity index (χ0) is 27.3. The van der Waals surface area contributed by atoms with Crippen LogP contribution in [0.5, 0.6) is 5.75 Å². The molecule has 3 rings (SSSR count). The van der Waals surface area contributed by atoms with Gasteiger partial charge in [0, 0.05) is 6.42 Å². The predicted octanol–water partition coefficient (Wildman–Crippen LogP) is 4.12. The lowest BCUT2D eigenvalue weighted by molar-refractivity contribution is -0.128. The van der Waals surface area contributed by atoms with Crippen molar-refractivity contribution in [1.82, 2.24) is 10.6 Å². The molecule has 3 amide bonds. The van der Waals surface area contributed by atoms with Crippen molar-refractivity contribution < 1.29 is 23.9 Å². The Bertz CT molecular complexity index is 1170. The lowest BCUT2D eigenvalue weighted by Gasteiger charge is -2.23. The maximum atomic E-state index is 13.1. The van der Waals surface area contributed by atoms with E-state index in [1.54, 1.807) is 0 Å². The molecule has 0 radical (unpaired) electrons. The van der Waals surface area contributed by atoms with Crippen molar-refractivity contribution in [2.75, 3.05) is 0 Å². The Morgan fingerprint density at radius 2 is 1.32 bits per heavy atom. The van der Waals surface area contributed by atoms with E-state index in [2.05, 4.69) is 10.6 Å². The zero-order valence-corrected chi connectivity index (χ0v) is 21.8. The molecule has 0 aliphatic heterocycles. The first-order valence-corrected chi connectivity index (χ1v) is 12.6. The summed E-state index contributed by atoms with van der Waals surface area (Å²) in [6.07, 6.45) is -0.144. The molecular formula is C30H35N3O5. The molecule has 0 aliphatic rings. The Labute approximate surface area is 223 Å². The minimum Gasteiger partial charge on any atom is -0.489 e. The summed E-state index contributed by atoms with van der Waals surface area (Å²) in [5.41, 5.74) is 8.29. The molecule has 0 saturated heterocycles. The maximum absolute atomic E-state index is 13.1. The largest absolute Gasteiger partial charge is 0.489 e. The lowest BCUT2D eigenvalue weighted by Crippen LogP contribution is -2.54. The van der Waals surface area contributed by atoms with E-state index in [1.807, 2.05) is 98.8 Å². The summed E-state index contributed by atoms with van der Waals surface area (Å²) >= 11 is 0. The number of hydrogen-bond donors (Lipinski definition) is 3. The van der Waals surface area contributed by atoms with Crippen LogP contribution in [0, 0.1) is 5.92 Å². The van der Waals surface area contributed by atoms with Gasteiger partial charge in [0.2, 0.25) is 11.8 Å². The number of alkyl carbamates (subject to hydrolysis) is 1. The molecule has 0 saturated carbocycles. The summed E-state index contributed by atoms with van der Waals surface area (Å²) in [6, 6.07) is 24.5. The summed E-state index contributed by atoms with van der Waals surface area (Å²) in [5, 5.41) is 5.32. The molecule has 0 aromatic heterocycles. The Kier molecular flexibility index (Phi) is 10.7. The van der Waals surface area contributed by atoms with Gasteiger partial charge in [-0.05, 0) is 41.2 Å². The number of carbonyl (C=O) groups excluding carboxylic acids is 3. The van der Waals surface area contributed by atoms with Gasteiger partial charge in [-0.15, -0.1) is 0 Å². The quantitative estimate of drug-likeness (QED) is 0.315. The van der Waals surface area contributed by atoms with Crippen molar-refractivity contribution in [3.8, 4) is 5.75 Å². The third-order valence-electron chi connectivity index (χ3n) is 5.80. The van der Waals surface area contributed by atoms with E-state index in [9.17, 15) is 14.4 Å². The van der Waals surface area contributed by atoms with Crippen molar-refractivity contribution in [1.29, 1.82) is 0 Å². The molecule has 0 fully saturated rings. The fourth-order valence-electron chi connectivity index (χ4n) is 3.80. The number of nitrogens with one attached hydrogen (secondary N) is 2. The number of benzene rings is 3. The van der Waals surface area contributed by atoms with E-state index >= 15 is 0 Å². The third kappa shape index (κ3) is 9.61. The normalized spacial score (nSPS) is 12.3. The fourth-order valence-corrected chi connectivity index (χ4v) is 3.80. The Morgan fingerprint density at radius 3 is 1.87 bits per heavy atom. The average Bonchev–Trinajstić information content (AvgIpc) is 2.91. The Balaban J connectivity index is 1.56. The van der Waals surface area contributed by atoms with Crippen LogP contribution in [-0.4, -0.2) is 30.0 Å². The molecule has 3 aromatic carbocycles. The van der Waals surface area contributed by atoms with E-state index in [-0.39, 0.29) is 18.9 Å². The van der Waals surface area contributed by atoms with Crippen molar-refractivity contribution in [2.24, 2.45) is 11.7 Å². The molecule has 38 heavy (non-hydrogen) atoms. The molecule has 0 heterocycles. The Hall–Kier alpha value is -4.33. The zero-order valence-electron chi connectivity index (χ0n) is 21.8. The highest BCUT2D eigenvalue weighted by Crippen LogP contribution is 2.16. The fraction of sp³-hybridized carbons (Fsp3) is 0.300. The van der Waals surface area contributed by atoms with E-state index in [1.165, 1.54) is 0 Å². The second kappa shape index (κ2) is 14.4. The van der Waals surface area contributed by atoms with Crippen molar-refractivity contribution in [2.45, 2.75) is 52.0 Å². The molecule has 3 aromatic rings. The Morgan fingerprint density at radius 1 is 0.737 bits per heavy atom. The van der Waals surface area contributed by atoms with Crippen molar-refractivity contribution in [3.05, 3.63) is 102 Å². The highest BCUT2D eigenvalue weighted by Gasteiger charge is 2.27. The lowest BCUT2D eigenvalue weighted by atomic mass is 10.0. The number of rotatable bonds is 13. The van der Waals surface area contributed by atoms with E-state index in [0.717, 1.165) is 16.7 Å². The number of hydrogen-bond acceptors (Lipinski definition) is 5. The van der Waals surface area contributed by atoms with Gasteiger partial charge in [0.25, 0.3) is 0 Å². The van der Waals surface area contributed by atoms with Gasteiger partial charge in [-0.2, -0.15) is 0 Å². The average molecular weight is 518 g/mol. The first-order valence-electron chi connectivity index (χ1n) is 12.6. The predicted molar refractivity (Wildman–Crippen MR) is 145 cm³/mol. The van der Waals surface area contributed by atoms with Crippen LogP contribution in [0.3, 0.4) is 0 Å². The topological polar surface area (TPSA) is 120 Å². The summed E-state index contributed by atoms with van der Waals surface area (Å²) in [6.45, 7) is 4.39. The summed E-state index contributed by atoms with van der Waals surface area (Å²) in [7, 11) is 0. The van der Waals surface area contributed by atoms with E-state index in [0.29, 0.717) is 18.8 Å². The molecule has 8 heteroatoms. The number of primary amides is 1. The summed E-state index contributed by atoms with van der Waals surface area (Å²) in [5.74, 6) is -0.372. The first-order chi connectivity index (χ1) is 18.3. The van der Waals surface area contributed by atoms with Crippen LogP contribution in [0.15, 0.2) is 84.9 Å². The van der Waals surface area contributed by atoms with Gasteiger partial charge >= 0.3 is 6.09 Å². The van der Waals surface area contributed by atoms with Crippen LogP contribution in [0.2, 0.25) is 0 Å². The standard InChI is InChI=1S/C30H35N3O5/c1-21(2)17-27(33-30(36)38-20-24-11-7-4-8-12-24)29(35)32-26(28(31)34)18-22-13-15-25(16-14-22)37-19-23-9-5-3-6-10-23/h3-16,21,26-27H,17-20H2,1-2H3,(H2,31,34)(H,32,35)(H,33,36)/t26-,27+/m1/s1. The maximum Gasteiger partial charge on any atom is 0.408 e. The first kappa shape index (κ1) is 28.2. The summed E-state index contributed by atoms with van der Waals surface area (Å²) < 4.78 is 11.1. The number of nitrogens with two attached hydrogens (primary N) is 1. The van der Waals surface area contributed by atoms with Gasteiger partial charge in [-0.25, -0.2) is 4.79 Å². The smallest absolute Gasteiger partial charge is 0.408 e. The minimum absolute atomic E-state index is 0.0810. The summed E-state index contributed by atoms with van der Waals surface area (Å²) in [4.78, 5) is 37.6. The molecule has 0 spiro atoms.